The van der Waals surface area contributed by atoms with Gasteiger partial charge in [-0.3, -0.25) is 4.98 Å². The maximum atomic E-state index is 11.0. The first-order chi connectivity index (χ1) is 7.72. The lowest BCUT2D eigenvalue weighted by Crippen LogP contribution is -2.02. The normalized spacial score (nSPS) is 10.3. The minimum absolute atomic E-state index is 0.0464. The minimum atomic E-state index is -1.08. The maximum Gasteiger partial charge on any atom is 0.358 e. The van der Waals surface area contributed by atoms with Crippen molar-refractivity contribution < 1.29 is 9.90 Å². The Bertz CT molecular complexity index is 507. The van der Waals surface area contributed by atoms with E-state index in [1.165, 1.54) is 4.80 Å². The molecule has 0 aliphatic carbocycles. The molecule has 82 valence electrons. The predicted octanol–water partition coefficient (Wildman–Crippen LogP) is 1.06. The topological polar surface area (TPSA) is 80.9 Å². The fraction of sp³-hybridized carbons (Fsp3) is 0.200. The van der Waals surface area contributed by atoms with Crippen LogP contribution in [0.15, 0.2) is 24.5 Å². The van der Waals surface area contributed by atoms with Crippen LogP contribution in [-0.2, 0) is 6.54 Å². The average Bonchev–Trinajstić information content (AvgIpc) is 2.74. The fourth-order valence-electron chi connectivity index (χ4n) is 1.33. The van der Waals surface area contributed by atoms with Gasteiger partial charge in [0.1, 0.15) is 5.69 Å². The van der Waals surface area contributed by atoms with Crippen LogP contribution < -0.4 is 0 Å². The summed E-state index contributed by atoms with van der Waals surface area (Å²) in [6.45, 7) is 2.37. The number of carboxylic acid groups (broad SMARTS) is 1. The van der Waals surface area contributed by atoms with E-state index in [1.807, 2.05) is 6.92 Å². The molecule has 16 heavy (non-hydrogen) atoms. The standard InChI is InChI=1S/C10H10N4O2/c1-2-14-12-8(9(13-14)10(15)16)7-4-3-5-11-6-7/h3-6H,2H2,1H3,(H,15,16). The van der Waals surface area contributed by atoms with Crippen molar-refractivity contribution in [3.05, 3.63) is 30.2 Å². The second kappa shape index (κ2) is 4.09. The van der Waals surface area contributed by atoms with Crippen LogP contribution in [0.1, 0.15) is 17.4 Å². The Labute approximate surface area is 91.6 Å². The summed E-state index contributed by atoms with van der Waals surface area (Å²) in [6.07, 6.45) is 3.19. The Balaban J connectivity index is 2.55. The van der Waals surface area contributed by atoms with E-state index in [0.29, 0.717) is 17.8 Å². The fourth-order valence-corrected chi connectivity index (χ4v) is 1.33. The van der Waals surface area contributed by atoms with Crippen LogP contribution in [0.3, 0.4) is 0 Å². The lowest BCUT2D eigenvalue weighted by atomic mass is 10.2. The molecule has 0 aliphatic heterocycles. The highest BCUT2D eigenvalue weighted by Crippen LogP contribution is 2.18. The van der Waals surface area contributed by atoms with E-state index in [4.69, 9.17) is 5.11 Å². The highest BCUT2D eigenvalue weighted by atomic mass is 16.4. The van der Waals surface area contributed by atoms with Crippen molar-refractivity contribution in [3.63, 3.8) is 0 Å². The molecule has 0 saturated carbocycles. The molecule has 1 N–H and O–H groups in total. The van der Waals surface area contributed by atoms with Gasteiger partial charge in [-0.05, 0) is 19.1 Å². The van der Waals surface area contributed by atoms with Crippen molar-refractivity contribution in [2.24, 2.45) is 0 Å². The smallest absolute Gasteiger partial charge is 0.358 e. The Morgan fingerprint density at radius 1 is 1.50 bits per heavy atom. The van der Waals surface area contributed by atoms with E-state index in [-0.39, 0.29) is 5.69 Å². The van der Waals surface area contributed by atoms with Crippen LogP contribution in [-0.4, -0.2) is 31.1 Å². The summed E-state index contributed by atoms with van der Waals surface area (Å²) in [5.41, 5.74) is 0.955. The predicted molar refractivity (Wildman–Crippen MR) is 55.9 cm³/mol. The van der Waals surface area contributed by atoms with Crippen molar-refractivity contribution in [3.8, 4) is 11.3 Å². The third kappa shape index (κ3) is 1.77. The number of aromatic nitrogens is 4. The molecule has 0 unspecified atom stereocenters. The first-order valence-corrected chi connectivity index (χ1v) is 4.81. The van der Waals surface area contributed by atoms with Gasteiger partial charge in [0, 0.05) is 18.0 Å². The monoisotopic (exact) mass is 218 g/mol. The second-order valence-electron chi connectivity index (χ2n) is 3.13. The molecule has 0 atom stereocenters. The molecule has 0 aliphatic rings. The molecule has 2 rings (SSSR count). The summed E-state index contributed by atoms with van der Waals surface area (Å²) >= 11 is 0. The van der Waals surface area contributed by atoms with Gasteiger partial charge in [-0.15, -0.1) is 5.10 Å². The summed E-state index contributed by atoms with van der Waals surface area (Å²) in [5, 5.41) is 17.0. The van der Waals surface area contributed by atoms with Crippen molar-refractivity contribution in [1.29, 1.82) is 0 Å². The Hall–Kier alpha value is -2.24. The van der Waals surface area contributed by atoms with Crippen LogP contribution in [0.5, 0.6) is 0 Å². The molecule has 6 heteroatoms. The van der Waals surface area contributed by atoms with Crippen molar-refractivity contribution in [2.45, 2.75) is 13.5 Å². The van der Waals surface area contributed by atoms with Crippen LogP contribution in [0, 0.1) is 0 Å². The van der Waals surface area contributed by atoms with Gasteiger partial charge < -0.3 is 5.11 Å². The quantitative estimate of drug-likeness (QED) is 0.833. The summed E-state index contributed by atoms with van der Waals surface area (Å²) in [6, 6.07) is 3.48. The molecule has 0 bridgehead atoms. The SMILES string of the molecule is CCn1nc(C(=O)O)c(-c2cccnc2)n1. The Morgan fingerprint density at radius 3 is 2.88 bits per heavy atom. The molecule has 2 aromatic rings. The van der Waals surface area contributed by atoms with E-state index in [0.717, 1.165) is 0 Å². The zero-order valence-corrected chi connectivity index (χ0v) is 8.66. The molecule has 0 aromatic carbocycles. The van der Waals surface area contributed by atoms with Crippen LogP contribution in [0.25, 0.3) is 11.3 Å². The number of hydrogen-bond donors (Lipinski definition) is 1. The number of carboxylic acids is 1. The average molecular weight is 218 g/mol. The molecule has 2 aromatic heterocycles. The Kier molecular flexibility index (Phi) is 2.63. The highest BCUT2D eigenvalue weighted by Gasteiger charge is 2.18. The van der Waals surface area contributed by atoms with E-state index >= 15 is 0 Å². The lowest BCUT2D eigenvalue weighted by Gasteiger charge is -1.95. The molecular formula is C10H10N4O2. The number of nitrogens with zero attached hydrogens (tertiary/aromatic N) is 4. The molecule has 0 saturated heterocycles. The van der Waals surface area contributed by atoms with E-state index < -0.39 is 5.97 Å². The van der Waals surface area contributed by atoms with Gasteiger partial charge in [0.15, 0.2) is 5.69 Å². The summed E-state index contributed by atoms with van der Waals surface area (Å²) < 4.78 is 0. The first-order valence-electron chi connectivity index (χ1n) is 4.81. The summed E-state index contributed by atoms with van der Waals surface area (Å²) in [4.78, 5) is 16.3. The third-order valence-electron chi connectivity index (χ3n) is 2.08. The van der Waals surface area contributed by atoms with Gasteiger partial charge in [0.2, 0.25) is 0 Å². The van der Waals surface area contributed by atoms with E-state index in [1.54, 1.807) is 24.5 Å². The number of pyridine rings is 1. The number of carbonyl (C=O) groups is 1. The van der Waals surface area contributed by atoms with Gasteiger partial charge >= 0.3 is 5.97 Å². The maximum absolute atomic E-state index is 11.0. The van der Waals surface area contributed by atoms with Crippen LogP contribution >= 0.6 is 0 Å². The summed E-state index contributed by atoms with van der Waals surface area (Å²) in [7, 11) is 0. The number of hydrogen-bond acceptors (Lipinski definition) is 4. The van der Waals surface area contributed by atoms with Crippen molar-refractivity contribution >= 4 is 5.97 Å². The lowest BCUT2D eigenvalue weighted by molar-refractivity contribution is 0.0690. The zero-order valence-electron chi connectivity index (χ0n) is 8.66. The van der Waals surface area contributed by atoms with Gasteiger partial charge in [-0.2, -0.15) is 9.90 Å². The van der Waals surface area contributed by atoms with Crippen molar-refractivity contribution in [2.75, 3.05) is 0 Å². The third-order valence-corrected chi connectivity index (χ3v) is 2.08. The van der Waals surface area contributed by atoms with Crippen molar-refractivity contribution in [1.82, 2.24) is 20.0 Å². The second-order valence-corrected chi connectivity index (χ2v) is 3.13. The Morgan fingerprint density at radius 2 is 2.31 bits per heavy atom. The highest BCUT2D eigenvalue weighted by molar-refractivity contribution is 5.92. The molecule has 0 amide bonds. The van der Waals surface area contributed by atoms with E-state index in [9.17, 15) is 4.79 Å². The molecule has 0 spiro atoms. The number of aryl methyl sites for hydroxylation is 1. The van der Waals surface area contributed by atoms with Crippen LogP contribution in [0.4, 0.5) is 0 Å². The van der Waals surface area contributed by atoms with Crippen LogP contribution in [0.2, 0.25) is 0 Å². The number of rotatable bonds is 3. The summed E-state index contributed by atoms with van der Waals surface area (Å²) in [5.74, 6) is -1.08. The first kappa shape index (κ1) is 10.3. The molecule has 2 heterocycles. The van der Waals surface area contributed by atoms with Gasteiger partial charge in [0.05, 0.1) is 6.54 Å². The molecule has 0 fully saturated rings. The largest absolute Gasteiger partial charge is 0.476 e. The molecule has 6 nitrogen and oxygen atoms in total. The van der Waals surface area contributed by atoms with E-state index in [2.05, 4.69) is 15.2 Å². The number of aromatic carboxylic acids is 1. The minimum Gasteiger partial charge on any atom is -0.476 e. The molecule has 0 radical (unpaired) electrons. The zero-order chi connectivity index (χ0) is 11.5. The van der Waals surface area contributed by atoms with Gasteiger partial charge in [0.25, 0.3) is 0 Å². The molecular weight excluding hydrogens is 208 g/mol. The van der Waals surface area contributed by atoms with Gasteiger partial charge in [-0.25, -0.2) is 4.79 Å². The van der Waals surface area contributed by atoms with Gasteiger partial charge in [-0.1, -0.05) is 0 Å².